The third kappa shape index (κ3) is 3.85. The molecular formula is C15H20N2O6S. The van der Waals surface area contributed by atoms with E-state index in [1.165, 1.54) is 29.6 Å². The van der Waals surface area contributed by atoms with E-state index in [1.54, 1.807) is 6.92 Å². The van der Waals surface area contributed by atoms with Gasteiger partial charge in [-0.1, -0.05) is 0 Å². The number of esters is 1. The van der Waals surface area contributed by atoms with Crippen molar-refractivity contribution in [3.63, 3.8) is 0 Å². The minimum atomic E-state index is -3.64. The first-order chi connectivity index (χ1) is 11.4. The average Bonchev–Trinajstić information content (AvgIpc) is 3.10. The lowest BCUT2D eigenvalue weighted by molar-refractivity contribution is -0.152. The molecule has 132 valence electrons. The van der Waals surface area contributed by atoms with Crippen LogP contribution in [-0.4, -0.2) is 51.4 Å². The molecule has 9 heteroatoms. The molecule has 0 radical (unpaired) electrons. The Morgan fingerprint density at radius 1 is 1.25 bits per heavy atom. The van der Waals surface area contributed by atoms with Gasteiger partial charge in [-0.15, -0.1) is 0 Å². The van der Waals surface area contributed by atoms with Crippen molar-refractivity contribution in [1.29, 1.82) is 0 Å². The van der Waals surface area contributed by atoms with E-state index >= 15 is 0 Å². The lowest BCUT2D eigenvalue weighted by Crippen LogP contribution is -2.28. The van der Waals surface area contributed by atoms with Crippen molar-refractivity contribution in [3.8, 4) is 5.75 Å². The fourth-order valence-corrected chi connectivity index (χ4v) is 3.94. The summed E-state index contributed by atoms with van der Waals surface area (Å²) in [7, 11) is -2.26. The zero-order valence-corrected chi connectivity index (χ0v) is 14.4. The maximum atomic E-state index is 12.6. The van der Waals surface area contributed by atoms with Crippen LogP contribution >= 0.6 is 0 Å². The van der Waals surface area contributed by atoms with Gasteiger partial charge in [0.05, 0.1) is 24.3 Å². The van der Waals surface area contributed by atoms with Gasteiger partial charge in [-0.25, -0.2) is 13.2 Å². The van der Waals surface area contributed by atoms with E-state index in [0.29, 0.717) is 13.1 Å². The van der Waals surface area contributed by atoms with Crippen LogP contribution in [0.25, 0.3) is 0 Å². The van der Waals surface area contributed by atoms with E-state index in [4.69, 9.17) is 4.74 Å². The number of nitrogens with zero attached hydrogens (tertiary/aromatic N) is 1. The SMILES string of the molecule is CCOC(=O)C(=O)Nc1cc(S(=O)(=O)N2CCCC2)ccc1OC. The standard InChI is InChI=1S/C15H20N2O6S/c1-3-23-15(19)14(18)16-12-10-11(6-7-13(12)22-2)24(20,21)17-8-4-5-9-17/h6-7,10H,3-5,8-9H2,1-2H3,(H,16,18). The molecule has 1 aromatic carbocycles. The number of rotatable bonds is 5. The highest BCUT2D eigenvalue weighted by atomic mass is 32.2. The summed E-state index contributed by atoms with van der Waals surface area (Å²) in [5.41, 5.74) is 0.0934. The van der Waals surface area contributed by atoms with Crippen LogP contribution < -0.4 is 10.1 Å². The second-order valence-corrected chi connectivity index (χ2v) is 7.09. The number of hydrogen-bond donors (Lipinski definition) is 1. The quantitative estimate of drug-likeness (QED) is 0.623. The summed E-state index contributed by atoms with van der Waals surface area (Å²) < 4.78 is 36.3. The number of nitrogens with one attached hydrogen (secondary N) is 1. The van der Waals surface area contributed by atoms with Gasteiger partial charge in [0.15, 0.2) is 0 Å². The summed E-state index contributed by atoms with van der Waals surface area (Å²) in [5, 5.41) is 2.33. The molecule has 1 N–H and O–H groups in total. The molecule has 0 bridgehead atoms. The molecule has 2 rings (SSSR count). The molecule has 1 heterocycles. The van der Waals surface area contributed by atoms with E-state index in [-0.39, 0.29) is 22.9 Å². The maximum absolute atomic E-state index is 12.6. The van der Waals surface area contributed by atoms with Crippen molar-refractivity contribution in [2.45, 2.75) is 24.7 Å². The molecule has 1 amide bonds. The number of carbonyl (C=O) groups excluding carboxylic acids is 2. The van der Waals surface area contributed by atoms with Gasteiger partial charge in [-0.05, 0) is 38.0 Å². The normalized spacial score (nSPS) is 15.1. The van der Waals surface area contributed by atoms with Gasteiger partial charge in [0.2, 0.25) is 10.0 Å². The highest BCUT2D eigenvalue weighted by Gasteiger charge is 2.28. The average molecular weight is 356 g/mol. The third-order valence-corrected chi connectivity index (χ3v) is 5.48. The van der Waals surface area contributed by atoms with Crippen LogP contribution in [0.15, 0.2) is 23.1 Å². The summed E-state index contributed by atoms with van der Waals surface area (Å²) in [6.45, 7) is 2.58. The Bertz CT molecular complexity index is 725. The predicted octanol–water partition coefficient (Wildman–Crippen LogP) is 0.981. The second kappa shape index (κ2) is 7.63. The molecule has 0 aliphatic carbocycles. The Balaban J connectivity index is 2.30. The molecule has 0 atom stereocenters. The highest BCUT2D eigenvalue weighted by molar-refractivity contribution is 7.89. The summed E-state index contributed by atoms with van der Waals surface area (Å²) in [6, 6.07) is 4.12. The third-order valence-electron chi connectivity index (χ3n) is 3.58. The number of ether oxygens (including phenoxy) is 2. The smallest absolute Gasteiger partial charge is 0.397 e. The van der Waals surface area contributed by atoms with Gasteiger partial charge >= 0.3 is 11.9 Å². The van der Waals surface area contributed by atoms with Crippen LogP contribution in [-0.2, 0) is 24.3 Å². The summed E-state index contributed by atoms with van der Waals surface area (Å²) in [6.07, 6.45) is 1.64. The molecule has 1 aliphatic rings. The van der Waals surface area contributed by atoms with Gasteiger partial charge < -0.3 is 14.8 Å². The molecule has 0 saturated carbocycles. The van der Waals surface area contributed by atoms with Crippen LogP contribution in [0.5, 0.6) is 5.75 Å². The van der Waals surface area contributed by atoms with E-state index in [1.807, 2.05) is 0 Å². The minimum absolute atomic E-state index is 0.0318. The van der Waals surface area contributed by atoms with Crippen LogP contribution in [0.1, 0.15) is 19.8 Å². The van der Waals surface area contributed by atoms with E-state index in [0.717, 1.165) is 12.8 Å². The Labute approximate surface area is 140 Å². The second-order valence-electron chi connectivity index (χ2n) is 5.15. The summed E-state index contributed by atoms with van der Waals surface area (Å²) >= 11 is 0. The van der Waals surface area contributed by atoms with Gasteiger partial charge in [0, 0.05) is 13.1 Å². The van der Waals surface area contributed by atoms with Gasteiger partial charge in [0.1, 0.15) is 5.75 Å². The van der Waals surface area contributed by atoms with E-state index < -0.39 is 21.9 Å². The van der Waals surface area contributed by atoms with Gasteiger partial charge in [-0.3, -0.25) is 4.79 Å². The number of amides is 1. The molecule has 0 spiro atoms. The van der Waals surface area contributed by atoms with Gasteiger partial charge in [-0.2, -0.15) is 4.31 Å². The molecule has 1 aliphatic heterocycles. The highest BCUT2D eigenvalue weighted by Crippen LogP contribution is 2.30. The molecular weight excluding hydrogens is 336 g/mol. The fourth-order valence-electron chi connectivity index (χ4n) is 2.39. The van der Waals surface area contributed by atoms with Crippen LogP contribution in [0.4, 0.5) is 5.69 Å². The fraction of sp³-hybridized carbons (Fsp3) is 0.467. The lowest BCUT2D eigenvalue weighted by atomic mass is 10.3. The van der Waals surface area contributed by atoms with Crippen molar-refractivity contribution in [2.24, 2.45) is 0 Å². The molecule has 0 unspecified atom stereocenters. The monoisotopic (exact) mass is 356 g/mol. The lowest BCUT2D eigenvalue weighted by Gasteiger charge is -2.17. The minimum Gasteiger partial charge on any atom is -0.495 e. The molecule has 0 aromatic heterocycles. The molecule has 1 aromatic rings. The van der Waals surface area contributed by atoms with E-state index in [2.05, 4.69) is 10.1 Å². The molecule has 1 fully saturated rings. The van der Waals surface area contributed by atoms with Crippen molar-refractivity contribution < 1.29 is 27.5 Å². The first kappa shape index (κ1) is 18.2. The zero-order valence-electron chi connectivity index (χ0n) is 13.6. The summed E-state index contributed by atoms with van der Waals surface area (Å²) in [4.78, 5) is 23.3. The first-order valence-corrected chi connectivity index (χ1v) is 9.00. The number of benzene rings is 1. The first-order valence-electron chi connectivity index (χ1n) is 7.56. The Morgan fingerprint density at radius 2 is 1.92 bits per heavy atom. The molecule has 24 heavy (non-hydrogen) atoms. The molecule has 8 nitrogen and oxygen atoms in total. The van der Waals surface area contributed by atoms with Crippen LogP contribution in [0.2, 0.25) is 0 Å². The Morgan fingerprint density at radius 3 is 2.50 bits per heavy atom. The molecule has 1 saturated heterocycles. The van der Waals surface area contributed by atoms with Crippen molar-refractivity contribution >= 4 is 27.6 Å². The Kier molecular flexibility index (Phi) is 5.79. The van der Waals surface area contributed by atoms with Crippen molar-refractivity contribution in [2.75, 3.05) is 32.1 Å². The number of methoxy groups -OCH3 is 1. The van der Waals surface area contributed by atoms with Crippen LogP contribution in [0, 0.1) is 0 Å². The maximum Gasteiger partial charge on any atom is 0.397 e. The predicted molar refractivity (Wildman–Crippen MR) is 86.2 cm³/mol. The number of sulfonamides is 1. The van der Waals surface area contributed by atoms with E-state index in [9.17, 15) is 18.0 Å². The van der Waals surface area contributed by atoms with Crippen molar-refractivity contribution in [1.82, 2.24) is 4.31 Å². The largest absolute Gasteiger partial charge is 0.495 e. The number of anilines is 1. The number of carbonyl (C=O) groups is 2. The Hall–Kier alpha value is -2.13. The zero-order chi connectivity index (χ0) is 17.7. The topological polar surface area (TPSA) is 102 Å². The van der Waals surface area contributed by atoms with Crippen LogP contribution in [0.3, 0.4) is 0 Å². The number of hydrogen-bond acceptors (Lipinski definition) is 6. The van der Waals surface area contributed by atoms with Crippen molar-refractivity contribution in [3.05, 3.63) is 18.2 Å². The van der Waals surface area contributed by atoms with Gasteiger partial charge in [0.25, 0.3) is 0 Å². The summed E-state index contributed by atoms with van der Waals surface area (Å²) in [5.74, 6) is -1.80.